The second-order valence-corrected chi connectivity index (χ2v) is 5.42. The van der Waals surface area contributed by atoms with Crippen molar-refractivity contribution in [3.05, 3.63) is 0 Å². The molecule has 0 aliphatic carbocycles. The highest BCUT2D eigenvalue weighted by Crippen LogP contribution is 2.25. The standard InChI is InChI=1S/C11H18N2OS/c1-4-10(7-12)11(14)13-5-6-15-9(3)8(13)2/h8-10H,4-6H2,1-3H3. The fourth-order valence-corrected chi connectivity index (χ4v) is 2.86. The minimum absolute atomic E-state index is 0.0136. The monoisotopic (exact) mass is 226 g/mol. The molecule has 0 saturated carbocycles. The highest BCUT2D eigenvalue weighted by Gasteiger charge is 2.32. The molecule has 15 heavy (non-hydrogen) atoms. The molecule has 0 aromatic rings. The zero-order valence-electron chi connectivity index (χ0n) is 9.56. The van der Waals surface area contributed by atoms with Crippen molar-refractivity contribution in [3.8, 4) is 6.07 Å². The van der Waals surface area contributed by atoms with Crippen LogP contribution in [0.2, 0.25) is 0 Å². The lowest BCUT2D eigenvalue weighted by Crippen LogP contribution is -2.49. The Morgan fingerprint density at radius 1 is 1.67 bits per heavy atom. The first-order valence-electron chi connectivity index (χ1n) is 5.43. The number of nitrogens with zero attached hydrogens (tertiary/aromatic N) is 2. The van der Waals surface area contributed by atoms with Gasteiger partial charge in [-0.3, -0.25) is 4.79 Å². The zero-order chi connectivity index (χ0) is 11.4. The molecular formula is C11H18N2OS. The number of amides is 1. The second-order valence-electron chi connectivity index (χ2n) is 3.94. The molecule has 1 saturated heterocycles. The Labute approximate surface area is 95.8 Å². The maximum Gasteiger partial charge on any atom is 0.240 e. The molecule has 1 aliphatic heterocycles. The summed E-state index contributed by atoms with van der Waals surface area (Å²) in [4.78, 5) is 13.9. The second kappa shape index (κ2) is 5.41. The van der Waals surface area contributed by atoms with Gasteiger partial charge in [-0.25, -0.2) is 0 Å². The zero-order valence-corrected chi connectivity index (χ0v) is 10.4. The molecule has 1 aliphatic rings. The predicted molar refractivity (Wildman–Crippen MR) is 62.5 cm³/mol. The molecule has 3 atom stereocenters. The van der Waals surface area contributed by atoms with E-state index in [1.165, 1.54) is 0 Å². The molecule has 0 spiro atoms. The number of thioether (sulfide) groups is 1. The molecule has 1 heterocycles. The van der Waals surface area contributed by atoms with Gasteiger partial charge in [0.05, 0.1) is 6.07 Å². The van der Waals surface area contributed by atoms with Crippen molar-refractivity contribution < 1.29 is 4.79 Å². The van der Waals surface area contributed by atoms with Gasteiger partial charge in [0, 0.05) is 23.6 Å². The minimum Gasteiger partial charge on any atom is -0.337 e. The topological polar surface area (TPSA) is 44.1 Å². The van der Waals surface area contributed by atoms with Crippen LogP contribution >= 0.6 is 11.8 Å². The minimum atomic E-state index is -0.456. The Kier molecular flexibility index (Phi) is 4.46. The lowest BCUT2D eigenvalue weighted by atomic mass is 10.0. The number of rotatable bonds is 2. The van der Waals surface area contributed by atoms with Gasteiger partial charge in [0.1, 0.15) is 5.92 Å². The Morgan fingerprint density at radius 2 is 2.33 bits per heavy atom. The maximum absolute atomic E-state index is 12.0. The predicted octanol–water partition coefficient (Wildman–Crippen LogP) is 1.89. The number of hydrogen-bond acceptors (Lipinski definition) is 3. The summed E-state index contributed by atoms with van der Waals surface area (Å²) in [6, 6.07) is 2.33. The van der Waals surface area contributed by atoms with Crippen molar-refractivity contribution in [2.24, 2.45) is 5.92 Å². The molecule has 1 fully saturated rings. The summed E-state index contributed by atoms with van der Waals surface area (Å²) >= 11 is 1.90. The van der Waals surface area contributed by atoms with E-state index in [1.807, 2.05) is 23.6 Å². The molecule has 1 rings (SSSR count). The van der Waals surface area contributed by atoms with Gasteiger partial charge >= 0.3 is 0 Å². The van der Waals surface area contributed by atoms with Crippen LogP contribution in [0.5, 0.6) is 0 Å². The highest BCUT2D eigenvalue weighted by atomic mass is 32.2. The molecule has 0 bridgehead atoms. The van der Waals surface area contributed by atoms with Gasteiger partial charge in [-0.15, -0.1) is 0 Å². The quantitative estimate of drug-likeness (QED) is 0.722. The molecule has 3 nitrogen and oxygen atoms in total. The molecule has 1 amide bonds. The molecule has 3 unspecified atom stereocenters. The van der Waals surface area contributed by atoms with Crippen molar-refractivity contribution >= 4 is 17.7 Å². The lowest BCUT2D eigenvalue weighted by molar-refractivity contribution is -0.135. The number of nitriles is 1. The Morgan fingerprint density at radius 3 is 2.87 bits per heavy atom. The van der Waals surface area contributed by atoms with E-state index < -0.39 is 5.92 Å². The summed E-state index contributed by atoms with van der Waals surface area (Å²) < 4.78 is 0. The largest absolute Gasteiger partial charge is 0.337 e. The van der Waals surface area contributed by atoms with Crippen molar-refractivity contribution in [2.75, 3.05) is 12.3 Å². The van der Waals surface area contributed by atoms with Gasteiger partial charge in [-0.2, -0.15) is 17.0 Å². The van der Waals surface area contributed by atoms with Gasteiger partial charge in [0.25, 0.3) is 0 Å². The first kappa shape index (κ1) is 12.4. The van der Waals surface area contributed by atoms with Crippen molar-refractivity contribution in [1.29, 1.82) is 5.26 Å². The van der Waals surface area contributed by atoms with E-state index in [4.69, 9.17) is 5.26 Å². The van der Waals surface area contributed by atoms with Crippen LogP contribution in [-0.2, 0) is 4.79 Å². The lowest BCUT2D eigenvalue weighted by Gasteiger charge is -2.38. The summed E-state index contributed by atoms with van der Waals surface area (Å²) in [5, 5.41) is 9.35. The highest BCUT2D eigenvalue weighted by molar-refractivity contribution is 8.00. The van der Waals surface area contributed by atoms with E-state index in [-0.39, 0.29) is 11.9 Å². The Bertz CT molecular complexity index is 274. The van der Waals surface area contributed by atoms with Gasteiger partial charge in [-0.1, -0.05) is 13.8 Å². The third-order valence-corrected chi connectivity index (χ3v) is 4.37. The number of carbonyl (C=O) groups excluding carboxylic acids is 1. The average Bonchev–Trinajstić information content (AvgIpc) is 2.23. The fourth-order valence-electron chi connectivity index (χ4n) is 1.77. The van der Waals surface area contributed by atoms with Gasteiger partial charge in [-0.05, 0) is 13.3 Å². The van der Waals surface area contributed by atoms with Crippen molar-refractivity contribution in [1.82, 2.24) is 4.90 Å². The molecule has 0 aromatic carbocycles. The van der Waals surface area contributed by atoms with E-state index in [1.54, 1.807) is 0 Å². The first-order valence-corrected chi connectivity index (χ1v) is 6.48. The van der Waals surface area contributed by atoms with Crippen LogP contribution in [0.15, 0.2) is 0 Å². The summed E-state index contributed by atoms with van der Waals surface area (Å²) in [6.45, 7) is 6.88. The van der Waals surface area contributed by atoms with Crippen LogP contribution in [0.3, 0.4) is 0 Å². The van der Waals surface area contributed by atoms with Crippen LogP contribution < -0.4 is 0 Å². The smallest absolute Gasteiger partial charge is 0.240 e. The summed E-state index contributed by atoms with van der Waals surface area (Å²) in [5.41, 5.74) is 0. The van der Waals surface area contributed by atoms with E-state index in [0.717, 1.165) is 12.3 Å². The Balaban J connectivity index is 2.70. The molecule has 4 heteroatoms. The van der Waals surface area contributed by atoms with Crippen LogP contribution in [-0.4, -0.2) is 34.4 Å². The third-order valence-electron chi connectivity index (χ3n) is 3.03. The van der Waals surface area contributed by atoms with Gasteiger partial charge in [0.2, 0.25) is 5.91 Å². The maximum atomic E-state index is 12.0. The molecule has 84 valence electrons. The molecular weight excluding hydrogens is 208 g/mol. The summed E-state index contributed by atoms with van der Waals surface area (Å²) in [7, 11) is 0. The summed E-state index contributed by atoms with van der Waals surface area (Å²) in [5.74, 6) is 0.543. The Hall–Kier alpha value is -0.690. The summed E-state index contributed by atoms with van der Waals surface area (Å²) in [6.07, 6.45) is 0.611. The SMILES string of the molecule is CCC(C#N)C(=O)N1CCSC(C)C1C. The molecule has 0 N–H and O–H groups in total. The van der Waals surface area contributed by atoms with Crippen LogP contribution in [0, 0.1) is 17.2 Å². The van der Waals surface area contributed by atoms with E-state index in [2.05, 4.69) is 19.9 Å². The third kappa shape index (κ3) is 2.66. The van der Waals surface area contributed by atoms with Gasteiger partial charge < -0.3 is 4.90 Å². The van der Waals surface area contributed by atoms with Crippen LogP contribution in [0.25, 0.3) is 0 Å². The average molecular weight is 226 g/mol. The fraction of sp³-hybridized carbons (Fsp3) is 0.818. The normalized spacial score (nSPS) is 28.3. The van der Waals surface area contributed by atoms with Crippen molar-refractivity contribution in [2.45, 2.75) is 38.5 Å². The van der Waals surface area contributed by atoms with E-state index in [0.29, 0.717) is 11.7 Å². The van der Waals surface area contributed by atoms with E-state index in [9.17, 15) is 4.79 Å². The van der Waals surface area contributed by atoms with Crippen molar-refractivity contribution in [3.63, 3.8) is 0 Å². The van der Waals surface area contributed by atoms with Crippen LogP contribution in [0.4, 0.5) is 0 Å². The first-order chi connectivity index (χ1) is 7.11. The van der Waals surface area contributed by atoms with Crippen LogP contribution in [0.1, 0.15) is 27.2 Å². The molecule has 0 radical (unpaired) electrons. The van der Waals surface area contributed by atoms with E-state index >= 15 is 0 Å². The number of hydrogen-bond donors (Lipinski definition) is 0. The molecule has 0 aromatic heterocycles. The van der Waals surface area contributed by atoms with Gasteiger partial charge in [0.15, 0.2) is 0 Å². The number of carbonyl (C=O) groups is 1.